The Kier molecular flexibility index (Phi) is 7.13. The summed E-state index contributed by atoms with van der Waals surface area (Å²) in [5.41, 5.74) is 2.51. The number of nitrogens with one attached hydrogen (secondary N) is 2. The molecule has 1 heterocycles. The lowest BCUT2D eigenvalue weighted by Gasteiger charge is -2.09. The van der Waals surface area contributed by atoms with Crippen molar-refractivity contribution in [2.75, 3.05) is 11.9 Å². The van der Waals surface area contributed by atoms with E-state index in [4.69, 9.17) is 0 Å². The Hall–Kier alpha value is -1.73. The zero-order valence-corrected chi connectivity index (χ0v) is 17.0. The molecule has 0 spiro atoms. The lowest BCUT2D eigenvalue weighted by atomic mass is 10.2. The summed E-state index contributed by atoms with van der Waals surface area (Å²) in [4.78, 5) is 29.3. The number of carbonyl (C=O) groups is 2. The normalized spacial score (nSPS) is 10.6. The van der Waals surface area contributed by atoms with Crippen LogP contribution in [0, 0.1) is 13.8 Å². The molecule has 2 N–H and O–H groups in total. The number of hydrogen-bond acceptors (Lipinski definition) is 4. The molecule has 0 aliphatic rings. The monoisotopic (exact) mass is 423 g/mol. The first-order valence-electron chi connectivity index (χ1n) is 8.21. The number of benzene rings is 1. The SMILES string of the molecule is CCCc1nc(C)c(C(=O)NCCC(=O)Nc2cc(Br)ccc2C)s1. The van der Waals surface area contributed by atoms with Crippen molar-refractivity contribution in [1.82, 2.24) is 10.3 Å². The van der Waals surface area contributed by atoms with Crippen LogP contribution in [0.15, 0.2) is 22.7 Å². The van der Waals surface area contributed by atoms with E-state index in [0.29, 0.717) is 4.88 Å². The van der Waals surface area contributed by atoms with Gasteiger partial charge in [-0.3, -0.25) is 9.59 Å². The lowest BCUT2D eigenvalue weighted by Crippen LogP contribution is -2.27. The molecule has 0 unspecified atom stereocenters. The van der Waals surface area contributed by atoms with Crippen molar-refractivity contribution < 1.29 is 9.59 Å². The van der Waals surface area contributed by atoms with Gasteiger partial charge in [-0.2, -0.15) is 0 Å². The van der Waals surface area contributed by atoms with Crippen LogP contribution in [0.4, 0.5) is 5.69 Å². The maximum atomic E-state index is 12.2. The minimum atomic E-state index is -0.163. The van der Waals surface area contributed by atoms with E-state index in [2.05, 4.69) is 38.5 Å². The Balaban J connectivity index is 1.84. The van der Waals surface area contributed by atoms with E-state index in [1.807, 2.05) is 32.0 Å². The smallest absolute Gasteiger partial charge is 0.263 e. The van der Waals surface area contributed by atoms with Crippen molar-refractivity contribution in [3.8, 4) is 0 Å². The third kappa shape index (κ3) is 5.64. The molecular formula is C18H22BrN3O2S. The van der Waals surface area contributed by atoms with Crippen molar-refractivity contribution in [3.05, 3.63) is 43.8 Å². The Labute approximate surface area is 160 Å². The zero-order chi connectivity index (χ0) is 18.4. The predicted molar refractivity (Wildman–Crippen MR) is 105 cm³/mol. The highest BCUT2D eigenvalue weighted by atomic mass is 79.9. The van der Waals surface area contributed by atoms with Gasteiger partial charge in [0, 0.05) is 23.1 Å². The molecule has 2 amide bonds. The molecule has 0 saturated heterocycles. The highest BCUT2D eigenvalue weighted by Gasteiger charge is 2.15. The van der Waals surface area contributed by atoms with Gasteiger partial charge in [-0.05, 0) is 44.4 Å². The molecule has 1 aromatic heterocycles. The van der Waals surface area contributed by atoms with E-state index in [0.717, 1.165) is 39.3 Å². The molecule has 2 rings (SSSR count). The number of carbonyl (C=O) groups excluding carboxylic acids is 2. The van der Waals surface area contributed by atoms with E-state index < -0.39 is 0 Å². The average Bonchev–Trinajstić information content (AvgIpc) is 2.92. The number of aromatic nitrogens is 1. The van der Waals surface area contributed by atoms with Crippen molar-refractivity contribution in [2.45, 2.75) is 40.0 Å². The van der Waals surface area contributed by atoms with Gasteiger partial charge in [0.15, 0.2) is 0 Å². The number of anilines is 1. The summed E-state index contributed by atoms with van der Waals surface area (Å²) < 4.78 is 0.908. The number of rotatable bonds is 7. The summed E-state index contributed by atoms with van der Waals surface area (Å²) in [6, 6.07) is 5.72. The van der Waals surface area contributed by atoms with E-state index in [9.17, 15) is 9.59 Å². The second-order valence-corrected chi connectivity index (χ2v) is 7.78. The van der Waals surface area contributed by atoms with Gasteiger partial charge in [-0.15, -0.1) is 11.3 Å². The molecule has 0 atom stereocenters. The van der Waals surface area contributed by atoms with Gasteiger partial charge >= 0.3 is 0 Å². The Morgan fingerprint density at radius 1 is 1.28 bits per heavy atom. The number of nitrogens with zero attached hydrogens (tertiary/aromatic N) is 1. The molecule has 134 valence electrons. The molecule has 0 radical (unpaired) electrons. The van der Waals surface area contributed by atoms with Crippen LogP contribution in [0.25, 0.3) is 0 Å². The van der Waals surface area contributed by atoms with Gasteiger partial charge in [-0.1, -0.05) is 28.9 Å². The molecule has 0 aliphatic carbocycles. The van der Waals surface area contributed by atoms with Crippen molar-refractivity contribution in [2.24, 2.45) is 0 Å². The molecule has 0 bridgehead atoms. The number of halogens is 1. The Bertz CT molecular complexity index is 774. The van der Waals surface area contributed by atoms with Gasteiger partial charge in [-0.25, -0.2) is 4.98 Å². The van der Waals surface area contributed by atoms with E-state index >= 15 is 0 Å². The van der Waals surface area contributed by atoms with Gasteiger partial charge in [0.25, 0.3) is 5.91 Å². The fraction of sp³-hybridized carbons (Fsp3) is 0.389. The molecule has 25 heavy (non-hydrogen) atoms. The Morgan fingerprint density at radius 2 is 2.04 bits per heavy atom. The van der Waals surface area contributed by atoms with Crippen molar-refractivity contribution >= 4 is 44.8 Å². The summed E-state index contributed by atoms with van der Waals surface area (Å²) in [5.74, 6) is -0.294. The maximum Gasteiger partial charge on any atom is 0.263 e. The van der Waals surface area contributed by atoms with Gasteiger partial charge < -0.3 is 10.6 Å². The fourth-order valence-corrected chi connectivity index (χ4v) is 3.74. The molecule has 1 aromatic carbocycles. The largest absolute Gasteiger partial charge is 0.351 e. The summed E-state index contributed by atoms with van der Waals surface area (Å²) in [7, 11) is 0. The minimum Gasteiger partial charge on any atom is -0.351 e. The molecule has 5 nitrogen and oxygen atoms in total. The molecule has 0 aliphatic heterocycles. The first-order valence-corrected chi connectivity index (χ1v) is 9.82. The van der Waals surface area contributed by atoms with Crippen LogP contribution in [0.3, 0.4) is 0 Å². The third-order valence-electron chi connectivity index (χ3n) is 3.62. The van der Waals surface area contributed by atoms with E-state index in [-0.39, 0.29) is 24.8 Å². The summed E-state index contributed by atoms with van der Waals surface area (Å²) in [5, 5.41) is 6.65. The summed E-state index contributed by atoms with van der Waals surface area (Å²) >= 11 is 4.82. The van der Waals surface area contributed by atoms with Crippen LogP contribution in [0.1, 0.15) is 45.7 Å². The first-order chi connectivity index (χ1) is 11.9. The topological polar surface area (TPSA) is 71.1 Å². The molecule has 7 heteroatoms. The van der Waals surface area contributed by atoms with Gasteiger partial charge in [0.1, 0.15) is 4.88 Å². The van der Waals surface area contributed by atoms with E-state index in [1.165, 1.54) is 11.3 Å². The standard InChI is InChI=1S/C18H22BrN3O2S/c1-4-5-16-21-12(3)17(25-16)18(24)20-9-8-15(23)22-14-10-13(19)7-6-11(14)2/h6-7,10H,4-5,8-9H2,1-3H3,(H,20,24)(H,22,23). The maximum absolute atomic E-state index is 12.2. The van der Waals surface area contributed by atoms with Crippen LogP contribution in [0.5, 0.6) is 0 Å². The second-order valence-electron chi connectivity index (χ2n) is 5.79. The summed E-state index contributed by atoms with van der Waals surface area (Å²) in [6.45, 7) is 6.15. The number of hydrogen-bond donors (Lipinski definition) is 2. The minimum absolute atomic E-state index is 0.130. The highest BCUT2D eigenvalue weighted by Crippen LogP contribution is 2.21. The average molecular weight is 424 g/mol. The van der Waals surface area contributed by atoms with Crippen LogP contribution in [0.2, 0.25) is 0 Å². The molecule has 2 aromatic rings. The van der Waals surface area contributed by atoms with Crippen LogP contribution < -0.4 is 10.6 Å². The number of amides is 2. The lowest BCUT2D eigenvalue weighted by molar-refractivity contribution is -0.116. The number of thiazole rings is 1. The van der Waals surface area contributed by atoms with Crippen LogP contribution in [-0.4, -0.2) is 23.3 Å². The van der Waals surface area contributed by atoms with Crippen molar-refractivity contribution in [3.63, 3.8) is 0 Å². The number of aryl methyl sites for hydroxylation is 3. The molecule has 0 saturated carbocycles. The third-order valence-corrected chi connectivity index (χ3v) is 5.33. The molecule has 0 fully saturated rings. The second kappa shape index (κ2) is 9.10. The quantitative estimate of drug-likeness (QED) is 0.699. The zero-order valence-electron chi connectivity index (χ0n) is 14.6. The fourth-order valence-electron chi connectivity index (χ4n) is 2.30. The molecular weight excluding hydrogens is 402 g/mol. The van der Waals surface area contributed by atoms with Gasteiger partial charge in [0.05, 0.1) is 10.7 Å². The first kappa shape index (κ1) is 19.6. The van der Waals surface area contributed by atoms with Crippen LogP contribution >= 0.6 is 27.3 Å². The van der Waals surface area contributed by atoms with E-state index in [1.54, 1.807) is 0 Å². The summed E-state index contributed by atoms with van der Waals surface area (Å²) in [6.07, 6.45) is 2.10. The predicted octanol–water partition coefficient (Wildman–Crippen LogP) is 4.23. The Morgan fingerprint density at radius 3 is 2.76 bits per heavy atom. The van der Waals surface area contributed by atoms with Crippen LogP contribution in [-0.2, 0) is 11.2 Å². The highest BCUT2D eigenvalue weighted by molar-refractivity contribution is 9.10. The van der Waals surface area contributed by atoms with Crippen molar-refractivity contribution in [1.29, 1.82) is 0 Å². The van der Waals surface area contributed by atoms with Gasteiger partial charge in [0.2, 0.25) is 5.91 Å².